The molecule has 0 saturated carbocycles. The van der Waals surface area contributed by atoms with Crippen LogP contribution in [0.15, 0.2) is 42.5 Å². The fourth-order valence-electron chi connectivity index (χ4n) is 4.01. The lowest BCUT2D eigenvalue weighted by atomic mass is 10.1. The number of carbonyl (C=O) groups is 1. The number of aryl methyl sites for hydroxylation is 3. The summed E-state index contributed by atoms with van der Waals surface area (Å²) in [5.41, 5.74) is 12.0. The number of benzene rings is 2. The Hall–Kier alpha value is -2.83. The summed E-state index contributed by atoms with van der Waals surface area (Å²) in [6, 6.07) is 14.3. The zero-order valence-corrected chi connectivity index (χ0v) is 17.4. The minimum absolute atomic E-state index is 0.0613. The Kier molecular flexibility index (Phi) is 5.30. The summed E-state index contributed by atoms with van der Waals surface area (Å²) in [6.07, 6.45) is 0.635. The maximum atomic E-state index is 12.6. The van der Waals surface area contributed by atoms with Crippen molar-refractivity contribution in [2.24, 2.45) is 0 Å². The predicted molar refractivity (Wildman–Crippen MR) is 115 cm³/mol. The van der Waals surface area contributed by atoms with E-state index in [0.29, 0.717) is 5.56 Å². The van der Waals surface area contributed by atoms with Gasteiger partial charge in [-0.25, -0.2) is 10.9 Å². The van der Waals surface area contributed by atoms with Gasteiger partial charge in [0.1, 0.15) is 5.75 Å². The molecule has 1 fully saturated rings. The molecule has 29 heavy (non-hydrogen) atoms. The molecule has 2 atom stereocenters. The Bertz CT molecular complexity index is 1060. The number of rotatable bonds is 5. The van der Waals surface area contributed by atoms with E-state index >= 15 is 0 Å². The molecule has 2 unspecified atom stereocenters. The zero-order chi connectivity index (χ0) is 20.5. The summed E-state index contributed by atoms with van der Waals surface area (Å²) in [5, 5.41) is 4.25. The first-order chi connectivity index (χ1) is 14.0. The lowest BCUT2D eigenvalue weighted by Crippen LogP contribution is -2.44. The van der Waals surface area contributed by atoms with E-state index in [4.69, 9.17) is 4.74 Å². The van der Waals surface area contributed by atoms with Crippen LogP contribution in [0.3, 0.4) is 0 Å². The number of carbonyl (C=O) groups excluding carboxylic acids is 1. The molecule has 6 heteroatoms. The first-order valence-corrected chi connectivity index (χ1v) is 10.1. The van der Waals surface area contributed by atoms with Crippen molar-refractivity contribution in [3.63, 3.8) is 0 Å². The monoisotopic (exact) mass is 392 g/mol. The minimum atomic E-state index is -0.132. The molecule has 3 aromatic rings. The Morgan fingerprint density at radius 1 is 1.14 bits per heavy atom. The maximum absolute atomic E-state index is 12.6. The maximum Gasteiger partial charge on any atom is 0.252 e. The van der Waals surface area contributed by atoms with Gasteiger partial charge in [0.25, 0.3) is 5.91 Å². The van der Waals surface area contributed by atoms with Crippen molar-refractivity contribution in [1.82, 2.24) is 20.7 Å². The van der Waals surface area contributed by atoms with Crippen LogP contribution >= 0.6 is 0 Å². The summed E-state index contributed by atoms with van der Waals surface area (Å²) in [7, 11) is 1.68. The number of hydrogen-bond donors (Lipinski definition) is 3. The predicted octanol–water partition coefficient (Wildman–Crippen LogP) is 3.58. The molecule has 1 aliphatic heterocycles. The quantitative estimate of drug-likeness (QED) is 0.621. The topological polar surface area (TPSA) is 67.3 Å². The number of fused-ring (bicyclic) bond motifs is 1. The molecule has 0 bridgehead atoms. The van der Waals surface area contributed by atoms with E-state index in [1.165, 1.54) is 16.8 Å². The Balaban J connectivity index is 1.50. The van der Waals surface area contributed by atoms with Crippen molar-refractivity contribution in [2.45, 2.75) is 45.9 Å². The van der Waals surface area contributed by atoms with E-state index in [9.17, 15) is 4.79 Å². The first-order valence-electron chi connectivity index (χ1n) is 10.1. The number of hydrazine groups is 1. The largest absolute Gasteiger partial charge is 0.497 e. The number of methoxy groups -OCH3 is 1. The van der Waals surface area contributed by atoms with E-state index in [1.807, 2.05) is 38.1 Å². The average molecular weight is 393 g/mol. The van der Waals surface area contributed by atoms with Crippen molar-refractivity contribution in [3.8, 4) is 5.75 Å². The van der Waals surface area contributed by atoms with Crippen molar-refractivity contribution < 1.29 is 9.53 Å². The van der Waals surface area contributed by atoms with Crippen LogP contribution < -0.4 is 20.9 Å². The van der Waals surface area contributed by atoms with E-state index in [2.05, 4.69) is 45.9 Å². The normalized spacial score (nSPS) is 18.9. The third kappa shape index (κ3) is 3.73. The van der Waals surface area contributed by atoms with Gasteiger partial charge in [0.2, 0.25) is 0 Å². The van der Waals surface area contributed by atoms with Crippen LogP contribution in [0, 0.1) is 13.8 Å². The van der Waals surface area contributed by atoms with Crippen molar-refractivity contribution in [1.29, 1.82) is 0 Å². The molecule has 1 amide bonds. The van der Waals surface area contributed by atoms with Gasteiger partial charge in [-0.05, 0) is 68.3 Å². The smallest absolute Gasteiger partial charge is 0.252 e. The SMILES string of the molecule is CCn1c(C2CC(NC(=O)c3ccc(C)c(C)c3)NN2)cc2cc(OC)ccc21. The highest BCUT2D eigenvalue weighted by Gasteiger charge is 2.29. The average Bonchev–Trinajstić information content (AvgIpc) is 3.33. The molecule has 2 aromatic carbocycles. The van der Waals surface area contributed by atoms with E-state index < -0.39 is 0 Å². The second kappa shape index (κ2) is 7.89. The van der Waals surface area contributed by atoms with Crippen LogP contribution in [0.5, 0.6) is 5.75 Å². The Morgan fingerprint density at radius 2 is 1.97 bits per heavy atom. The van der Waals surface area contributed by atoms with E-state index in [0.717, 1.165) is 29.7 Å². The van der Waals surface area contributed by atoms with Gasteiger partial charge in [-0.3, -0.25) is 4.79 Å². The van der Waals surface area contributed by atoms with Crippen molar-refractivity contribution in [3.05, 3.63) is 64.8 Å². The summed E-state index contributed by atoms with van der Waals surface area (Å²) in [4.78, 5) is 12.6. The van der Waals surface area contributed by atoms with Crippen LogP contribution in [0.25, 0.3) is 10.9 Å². The van der Waals surface area contributed by atoms with Crippen LogP contribution in [0.2, 0.25) is 0 Å². The lowest BCUT2D eigenvalue weighted by molar-refractivity contribution is 0.0932. The molecule has 1 aromatic heterocycles. The number of nitrogens with zero attached hydrogens (tertiary/aromatic N) is 1. The molecule has 152 valence electrons. The standard InChI is InChI=1S/C23H28N4O2/c1-5-27-20-9-8-18(29-4)11-17(20)12-21(27)19-13-22(26-25-19)24-23(28)16-7-6-14(2)15(3)10-16/h6-12,19,22,25-26H,5,13H2,1-4H3,(H,24,28). The summed E-state index contributed by atoms with van der Waals surface area (Å²) in [6.45, 7) is 7.10. The molecule has 0 radical (unpaired) electrons. The van der Waals surface area contributed by atoms with Crippen LogP contribution in [0.1, 0.15) is 46.6 Å². The van der Waals surface area contributed by atoms with Crippen LogP contribution in [-0.2, 0) is 6.54 Å². The highest BCUT2D eigenvalue weighted by Crippen LogP contribution is 2.30. The molecule has 2 heterocycles. The Labute approximate surface area is 171 Å². The highest BCUT2D eigenvalue weighted by atomic mass is 16.5. The number of nitrogens with one attached hydrogen (secondary N) is 3. The Morgan fingerprint density at radius 3 is 2.69 bits per heavy atom. The van der Waals surface area contributed by atoms with E-state index in [-0.39, 0.29) is 18.1 Å². The summed E-state index contributed by atoms with van der Waals surface area (Å²) < 4.78 is 7.67. The second-order valence-electron chi connectivity index (χ2n) is 7.64. The van der Waals surface area contributed by atoms with Gasteiger partial charge in [0.05, 0.1) is 19.3 Å². The first kappa shape index (κ1) is 19.5. The van der Waals surface area contributed by atoms with Gasteiger partial charge in [-0.2, -0.15) is 0 Å². The van der Waals surface area contributed by atoms with Crippen LogP contribution in [0.4, 0.5) is 0 Å². The van der Waals surface area contributed by atoms with Crippen LogP contribution in [-0.4, -0.2) is 23.7 Å². The van der Waals surface area contributed by atoms with Crippen molar-refractivity contribution >= 4 is 16.8 Å². The van der Waals surface area contributed by atoms with Crippen molar-refractivity contribution in [2.75, 3.05) is 7.11 Å². The molecular formula is C23H28N4O2. The summed E-state index contributed by atoms with van der Waals surface area (Å²) in [5.74, 6) is 0.794. The lowest BCUT2D eigenvalue weighted by Gasteiger charge is -2.14. The van der Waals surface area contributed by atoms with Gasteiger partial charge in [0, 0.05) is 35.1 Å². The molecule has 0 spiro atoms. The highest BCUT2D eigenvalue weighted by molar-refractivity contribution is 5.94. The number of ether oxygens (including phenoxy) is 1. The van der Waals surface area contributed by atoms with E-state index in [1.54, 1.807) is 7.11 Å². The fourth-order valence-corrected chi connectivity index (χ4v) is 4.01. The molecule has 0 aliphatic carbocycles. The molecule has 4 rings (SSSR count). The molecule has 6 nitrogen and oxygen atoms in total. The third-order valence-electron chi connectivity index (χ3n) is 5.79. The number of hydrogen-bond acceptors (Lipinski definition) is 4. The molecule has 1 aliphatic rings. The van der Waals surface area contributed by atoms with Gasteiger partial charge in [-0.15, -0.1) is 0 Å². The van der Waals surface area contributed by atoms with Gasteiger partial charge in [-0.1, -0.05) is 6.07 Å². The molecule has 1 saturated heterocycles. The minimum Gasteiger partial charge on any atom is -0.497 e. The number of aromatic nitrogens is 1. The van der Waals surface area contributed by atoms with Gasteiger partial charge < -0.3 is 14.6 Å². The number of amides is 1. The molecular weight excluding hydrogens is 364 g/mol. The molecule has 3 N–H and O–H groups in total. The third-order valence-corrected chi connectivity index (χ3v) is 5.79. The fraction of sp³-hybridized carbons (Fsp3) is 0.348. The summed E-state index contributed by atoms with van der Waals surface area (Å²) >= 11 is 0. The van der Waals surface area contributed by atoms with Gasteiger partial charge >= 0.3 is 0 Å². The van der Waals surface area contributed by atoms with Gasteiger partial charge in [0.15, 0.2) is 0 Å². The second-order valence-corrected chi connectivity index (χ2v) is 7.64. The zero-order valence-electron chi connectivity index (χ0n) is 17.4.